The minimum absolute atomic E-state index is 0.0693. The summed E-state index contributed by atoms with van der Waals surface area (Å²) in [6, 6.07) is 0. The zero-order valence-electron chi connectivity index (χ0n) is 11.3. The van der Waals surface area contributed by atoms with Crippen LogP contribution in [0.2, 0.25) is 0 Å². The summed E-state index contributed by atoms with van der Waals surface area (Å²) in [6.07, 6.45) is 7.26. The number of amides is 1. The third-order valence-corrected chi connectivity index (χ3v) is 5.12. The number of carbonyl (C=O) groups excluding carboxylic acids is 1. The van der Waals surface area contributed by atoms with Crippen molar-refractivity contribution in [3.8, 4) is 0 Å². The molecule has 2 atom stereocenters. The Morgan fingerprint density at radius 2 is 1.58 bits per heavy atom. The van der Waals surface area contributed by atoms with Gasteiger partial charge in [-0.3, -0.25) is 9.59 Å². The van der Waals surface area contributed by atoms with E-state index >= 15 is 0 Å². The Labute approximate surface area is 113 Å². The predicted octanol–water partition coefficient (Wildman–Crippen LogP) is 2.04. The lowest BCUT2D eigenvalue weighted by Crippen LogP contribution is -2.35. The van der Waals surface area contributed by atoms with E-state index in [1.54, 1.807) is 0 Å². The highest BCUT2D eigenvalue weighted by Gasteiger charge is 2.42. The summed E-state index contributed by atoms with van der Waals surface area (Å²) >= 11 is 0. The number of carbonyl (C=O) groups is 2. The van der Waals surface area contributed by atoms with Crippen LogP contribution in [0.1, 0.15) is 44.9 Å². The first kappa shape index (κ1) is 12.9. The monoisotopic (exact) mass is 265 g/mol. The van der Waals surface area contributed by atoms with Gasteiger partial charge < -0.3 is 10.4 Å². The molecule has 0 radical (unpaired) electrons. The molecule has 3 aliphatic carbocycles. The minimum atomic E-state index is -0.746. The Kier molecular flexibility index (Phi) is 3.50. The molecule has 0 aromatic carbocycles. The molecule has 3 saturated carbocycles. The molecule has 106 valence electrons. The van der Waals surface area contributed by atoms with E-state index in [1.165, 1.54) is 25.7 Å². The normalized spacial score (nSPS) is 30.6. The van der Waals surface area contributed by atoms with Gasteiger partial charge in [-0.2, -0.15) is 0 Å². The van der Waals surface area contributed by atoms with E-state index in [4.69, 9.17) is 5.11 Å². The summed E-state index contributed by atoms with van der Waals surface area (Å²) in [5.41, 5.74) is 0. The van der Waals surface area contributed by atoms with Crippen molar-refractivity contribution in [2.75, 3.05) is 6.54 Å². The van der Waals surface area contributed by atoms with Gasteiger partial charge in [-0.05, 0) is 62.7 Å². The molecule has 0 saturated heterocycles. The summed E-state index contributed by atoms with van der Waals surface area (Å²) < 4.78 is 0. The Bertz CT molecular complexity index is 362. The Morgan fingerprint density at radius 1 is 1.00 bits per heavy atom. The van der Waals surface area contributed by atoms with Gasteiger partial charge >= 0.3 is 5.97 Å². The first-order valence-corrected chi connectivity index (χ1v) is 7.65. The van der Waals surface area contributed by atoms with E-state index in [2.05, 4.69) is 5.32 Å². The zero-order chi connectivity index (χ0) is 13.4. The average Bonchev–Trinajstić information content (AvgIpc) is 3.30. The van der Waals surface area contributed by atoms with E-state index in [9.17, 15) is 9.59 Å². The van der Waals surface area contributed by atoms with Crippen molar-refractivity contribution in [3.05, 3.63) is 0 Å². The van der Waals surface area contributed by atoms with Crippen LogP contribution in [-0.2, 0) is 9.59 Å². The number of aliphatic carboxylic acids is 1. The molecule has 19 heavy (non-hydrogen) atoms. The molecule has 3 aliphatic rings. The molecule has 4 nitrogen and oxygen atoms in total. The standard InChI is InChI=1S/C15H23NO3/c17-14(11-5-6-12(7-11)15(18)19)16-8-13(9-1-2-9)10-3-4-10/h9-13H,1-8H2,(H,16,17)(H,18,19). The number of hydrogen-bond donors (Lipinski definition) is 2. The number of carboxylic acids is 1. The van der Waals surface area contributed by atoms with E-state index in [0.29, 0.717) is 18.8 Å². The van der Waals surface area contributed by atoms with Crippen LogP contribution in [0.25, 0.3) is 0 Å². The van der Waals surface area contributed by atoms with Crippen molar-refractivity contribution in [2.24, 2.45) is 29.6 Å². The molecule has 3 rings (SSSR count). The molecule has 2 unspecified atom stereocenters. The molecule has 3 fully saturated rings. The Morgan fingerprint density at radius 3 is 2.05 bits per heavy atom. The molecule has 0 heterocycles. The molecule has 0 bridgehead atoms. The smallest absolute Gasteiger partial charge is 0.306 e. The summed E-state index contributed by atoms with van der Waals surface area (Å²) in [5.74, 6) is 1.37. The molecular formula is C15H23NO3. The lowest BCUT2D eigenvalue weighted by atomic mass is 9.97. The molecule has 1 amide bonds. The van der Waals surface area contributed by atoms with E-state index in [0.717, 1.165) is 24.8 Å². The van der Waals surface area contributed by atoms with Gasteiger partial charge in [0.05, 0.1) is 5.92 Å². The third kappa shape index (κ3) is 3.10. The Balaban J connectivity index is 1.44. The van der Waals surface area contributed by atoms with Gasteiger partial charge in [0.1, 0.15) is 0 Å². The van der Waals surface area contributed by atoms with E-state index < -0.39 is 5.97 Å². The van der Waals surface area contributed by atoms with Crippen molar-refractivity contribution < 1.29 is 14.7 Å². The molecule has 4 heteroatoms. The highest BCUT2D eigenvalue weighted by Crippen LogP contribution is 2.48. The minimum Gasteiger partial charge on any atom is -0.481 e. The average molecular weight is 265 g/mol. The van der Waals surface area contributed by atoms with Gasteiger partial charge in [-0.1, -0.05) is 0 Å². The van der Waals surface area contributed by atoms with Gasteiger partial charge in [0.15, 0.2) is 0 Å². The Hall–Kier alpha value is -1.06. The second kappa shape index (κ2) is 5.14. The van der Waals surface area contributed by atoms with E-state index in [-0.39, 0.29) is 17.7 Å². The number of nitrogens with one attached hydrogen (secondary N) is 1. The van der Waals surface area contributed by atoms with Gasteiger partial charge in [0.25, 0.3) is 0 Å². The number of carboxylic acid groups (broad SMARTS) is 1. The molecule has 2 N–H and O–H groups in total. The lowest BCUT2D eigenvalue weighted by Gasteiger charge is -2.18. The summed E-state index contributed by atoms with van der Waals surface area (Å²) in [4.78, 5) is 23.0. The van der Waals surface area contributed by atoms with Crippen molar-refractivity contribution in [3.63, 3.8) is 0 Å². The lowest BCUT2D eigenvalue weighted by molar-refractivity contribution is -0.141. The summed E-state index contributed by atoms with van der Waals surface area (Å²) in [5, 5.41) is 12.1. The molecule has 0 spiro atoms. The van der Waals surface area contributed by atoms with Gasteiger partial charge in [0.2, 0.25) is 5.91 Å². The van der Waals surface area contributed by atoms with Crippen molar-refractivity contribution >= 4 is 11.9 Å². The van der Waals surface area contributed by atoms with E-state index in [1.807, 2.05) is 0 Å². The summed E-state index contributed by atoms with van der Waals surface area (Å²) in [7, 11) is 0. The van der Waals surface area contributed by atoms with Crippen molar-refractivity contribution in [2.45, 2.75) is 44.9 Å². The fraction of sp³-hybridized carbons (Fsp3) is 0.867. The highest BCUT2D eigenvalue weighted by molar-refractivity contribution is 5.80. The largest absolute Gasteiger partial charge is 0.481 e. The maximum atomic E-state index is 12.1. The highest BCUT2D eigenvalue weighted by atomic mass is 16.4. The van der Waals surface area contributed by atoms with Crippen LogP contribution in [0.4, 0.5) is 0 Å². The van der Waals surface area contributed by atoms with Crippen LogP contribution >= 0.6 is 0 Å². The van der Waals surface area contributed by atoms with Crippen LogP contribution < -0.4 is 5.32 Å². The zero-order valence-corrected chi connectivity index (χ0v) is 11.3. The van der Waals surface area contributed by atoms with Gasteiger partial charge in [-0.15, -0.1) is 0 Å². The second-order valence-corrected chi connectivity index (χ2v) is 6.63. The van der Waals surface area contributed by atoms with Crippen LogP contribution in [-0.4, -0.2) is 23.5 Å². The van der Waals surface area contributed by atoms with Gasteiger partial charge in [-0.25, -0.2) is 0 Å². The fourth-order valence-electron chi connectivity index (χ4n) is 3.57. The molecular weight excluding hydrogens is 242 g/mol. The maximum Gasteiger partial charge on any atom is 0.306 e. The molecule has 0 aliphatic heterocycles. The third-order valence-electron chi connectivity index (χ3n) is 5.12. The predicted molar refractivity (Wildman–Crippen MR) is 70.4 cm³/mol. The topological polar surface area (TPSA) is 66.4 Å². The van der Waals surface area contributed by atoms with Crippen molar-refractivity contribution in [1.29, 1.82) is 0 Å². The quantitative estimate of drug-likeness (QED) is 0.772. The fourth-order valence-corrected chi connectivity index (χ4v) is 3.57. The van der Waals surface area contributed by atoms with Crippen LogP contribution in [0, 0.1) is 29.6 Å². The van der Waals surface area contributed by atoms with Crippen molar-refractivity contribution in [1.82, 2.24) is 5.32 Å². The maximum absolute atomic E-state index is 12.1. The van der Waals surface area contributed by atoms with Gasteiger partial charge in [0, 0.05) is 12.5 Å². The van der Waals surface area contributed by atoms with Crippen LogP contribution in [0.3, 0.4) is 0 Å². The molecule has 0 aromatic rings. The molecule has 0 aromatic heterocycles. The second-order valence-electron chi connectivity index (χ2n) is 6.63. The SMILES string of the molecule is O=C(O)C1CCC(C(=O)NCC(C2CC2)C2CC2)C1. The number of hydrogen-bond acceptors (Lipinski definition) is 2. The first-order chi connectivity index (χ1) is 9.15. The number of rotatable bonds is 6. The first-order valence-electron chi connectivity index (χ1n) is 7.65. The van der Waals surface area contributed by atoms with Crippen LogP contribution in [0.15, 0.2) is 0 Å². The van der Waals surface area contributed by atoms with Crippen LogP contribution in [0.5, 0.6) is 0 Å². The summed E-state index contributed by atoms with van der Waals surface area (Å²) in [6.45, 7) is 0.822.